The van der Waals surface area contributed by atoms with Gasteiger partial charge in [0.1, 0.15) is 0 Å². The van der Waals surface area contributed by atoms with E-state index in [1.54, 1.807) is 26.4 Å². The Morgan fingerprint density at radius 3 is 2.68 bits per heavy atom. The molecule has 1 aromatic carbocycles. The second-order valence-corrected chi connectivity index (χ2v) is 7.63. The standard InChI is InChI=1S/C17H15ClN2O3S2/c1-22-12-4-3-10(7-13(12)23-2)8-16(21)20-17-19-11(9-24-17)14-5-6-15(18)25-14/h3-7,9H,8H2,1-2H3,(H,19,20,21). The number of rotatable bonds is 6. The zero-order valence-electron chi connectivity index (χ0n) is 13.5. The Kier molecular flexibility index (Phi) is 5.57. The summed E-state index contributed by atoms with van der Waals surface area (Å²) in [4.78, 5) is 17.7. The highest BCUT2D eigenvalue weighted by atomic mass is 35.5. The summed E-state index contributed by atoms with van der Waals surface area (Å²) in [5, 5.41) is 5.28. The van der Waals surface area contributed by atoms with Crippen LogP contribution in [-0.4, -0.2) is 25.1 Å². The molecule has 1 amide bonds. The van der Waals surface area contributed by atoms with Gasteiger partial charge in [0.15, 0.2) is 16.6 Å². The van der Waals surface area contributed by atoms with E-state index >= 15 is 0 Å². The quantitative estimate of drug-likeness (QED) is 0.656. The lowest BCUT2D eigenvalue weighted by atomic mass is 10.1. The summed E-state index contributed by atoms with van der Waals surface area (Å²) in [6, 6.07) is 9.15. The van der Waals surface area contributed by atoms with Gasteiger partial charge in [-0.15, -0.1) is 22.7 Å². The fourth-order valence-electron chi connectivity index (χ4n) is 2.24. The summed E-state index contributed by atoms with van der Waals surface area (Å²) < 4.78 is 11.2. The summed E-state index contributed by atoms with van der Waals surface area (Å²) in [5.41, 5.74) is 1.64. The minimum atomic E-state index is -0.141. The van der Waals surface area contributed by atoms with Gasteiger partial charge in [0.25, 0.3) is 0 Å². The van der Waals surface area contributed by atoms with E-state index in [9.17, 15) is 4.79 Å². The SMILES string of the molecule is COc1ccc(CC(=O)Nc2nc(-c3ccc(Cl)s3)cs2)cc1OC. The van der Waals surface area contributed by atoms with Crippen molar-refractivity contribution in [3.63, 3.8) is 0 Å². The summed E-state index contributed by atoms with van der Waals surface area (Å²) >= 11 is 8.78. The molecule has 0 saturated carbocycles. The van der Waals surface area contributed by atoms with Crippen LogP contribution >= 0.6 is 34.3 Å². The number of amides is 1. The molecule has 3 rings (SSSR count). The van der Waals surface area contributed by atoms with Crippen LogP contribution in [0.4, 0.5) is 5.13 Å². The van der Waals surface area contributed by atoms with Crippen LogP contribution in [0.15, 0.2) is 35.7 Å². The van der Waals surface area contributed by atoms with Gasteiger partial charge in [-0.25, -0.2) is 4.98 Å². The first-order valence-corrected chi connectivity index (χ1v) is 9.38. The van der Waals surface area contributed by atoms with Gasteiger partial charge in [-0.3, -0.25) is 4.79 Å². The second-order valence-electron chi connectivity index (χ2n) is 5.06. The molecule has 0 unspecified atom stereocenters. The molecule has 0 fully saturated rings. The maximum Gasteiger partial charge on any atom is 0.230 e. The van der Waals surface area contributed by atoms with Crippen LogP contribution < -0.4 is 14.8 Å². The highest BCUT2D eigenvalue weighted by molar-refractivity contribution is 7.20. The Hall–Kier alpha value is -2.09. The number of thiazole rings is 1. The predicted octanol–water partition coefficient (Wildman–Crippen LogP) is 4.72. The Morgan fingerprint density at radius 2 is 2.00 bits per heavy atom. The maximum absolute atomic E-state index is 12.3. The van der Waals surface area contributed by atoms with E-state index in [1.807, 2.05) is 23.6 Å². The van der Waals surface area contributed by atoms with Gasteiger partial charge in [0.05, 0.1) is 35.5 Å². The van der Waals surface area contributed by atoms with Gasteiger partial charge in [0, 0.05) is 5.38 Å². The zero-order valence-corrected chi connectivity index (χ0v) is 15.9. The van der Waals surface area contributed by atoms with Crippen molar-refractivity contribution in [1.29, 1.82) is 0 Å². The Balaban J connectivity index is 1.66. The zero-order chi connectivity index (χ0) is 17.8. The summed E-state index contributed by atoms with van der Waals surface area (Å²) in [6.45, 7) is 0. The molecule has 0 spiro atoms. The molecule has 2 aromatic heterocycles. The molecule has 3 aromatic rings. The Labute approximate surface area is 158 Å². The number of hydrogen-bond donors (Lipinski definition) is 1. The normalized spacial score (nSPS) is 10.5. The van der Waals surface area contributed by atoms with Crippen molar-refractivity contribution in [2.75, 3.05) is 19.5 Å². The number of anilines is 1. The fraction of sp³-hybridized carbons (Fsp3) is 0.176. The summed E-state index contributed by atoms with van der Waals surface area (Å²) in [7, 11) is 3.14. The molecule has 0 bridgehead atoms. The first-order valence-electron chi connectivity index (χ1n) is 7.31. The van der Waals surface area contributed by atoms with E-state index in [0.29, 0.717) is 21.0 Å². The molecule has 1 N–H and O–H groups in total. The third-order valence-electron chi connectivity index (χ3n) is 3.39. The van der Waals surface area contributed by atoms with Crippen molar-refractivity contribution in [2.24, 2.45) is 0 Å². The number of halogens is 1. The molecule has 25 heavy (non-hydrogen) atoms. The fourth-order valence-corrected chi connectivity index (χ4v) is 4.04. The number of thiophene rings is 1. The van der Waals surface area contributed by atoms with Crippen molar-refractivity contribution in [1.82, 2.24) is 4.98 Å². The van der Waals surface area contributed by atoms with E-state index in [-0.39, 0.29) is 12.3 Å². The van der Waals surface area contributed by atoms with Crippen molar-refractivity contribution < 1.29 is 14.3 Å². The van der Waals surface area contributed by atoms with Crippen LogP contribution in [0.1, 0.15) is 5.56 Å². The highest BCUT2D eigenvalue weighted by Gasteiger charge is 2.12. The average molecular weight is 395 g/mol. The summed E-state index contributed by atoms with van der Waals surface area (Å²) in [5.74, 6) is 1.09. The molecule has 0 saturated heterocycles. The van der Waals surface area contributed by atoms with Gasteiger partial charge in [0.2, 0.25) is 5.91 Å². The lowest BCUT2D eigenvalue weighted by molar-refractivity contribution is -0.115. The molecule has 5 nitrogen and oxygen atoms in total. The maximum atomic E-state index is 12.3. The number of carbonyl (C=O) groups is 1. The van der Waals surface area contributed by atoms with Crippen LogP contribution in [0, 0.1) is 0 Å². The van der Waals surface area contributed by atoms with E-state index in [1.165, 1.54) is 22.7 Å². The minimum Gasteiger partial charge on any atom is -0.493 e. The predicted molar refractivity (Wildman–Crippen MR) is 102 cm³/mol. The third-order valence-corrected chi connectivity index (χ3v) is 5.40. The monoisotopic (exact) mass is 394 g/mol. The number of aromatic nitrogens is 1. The first kappa shape index (κ1) is 17.7. The average Bonchev–Trinajstić information content (AvgIpc) is 3.23. The van der Waals surface area contributed by atoms with Gasteiger partial charge in [-0.2, -0.15) is 0 Å². The molecule has 0 radical (unpaired) electrons. The Morgan fingerprint density at radius 1 is 1.20 bits per heavy atom. The topological polar surface area (TPSA) is 60.5 Å². The van der Waals surface area contributed by atoms with Crippen molar-refractivity contribution >= 4 is 45.3 Å². The van der Waals surface area contributed by atoms with Gasteiger partial charge >= 0.3 is 0 Å². The van der Waals surface area contributed by atoms with Crippen LogP contribution in [0.2, 0.25) is 4.34 Å². The smallest absolute Gasteiger partial charge is 0.230 e. The van der Waals surface area contributed by atoms with Crippen LogP contribution in [-0.2, 0) is 11.2 Å². The lowest BCUT2D eigenvalue weighted by Crippen LogP contribution is -2.14. The largest absolute Gasteiger partial charge is 0.493 e. The molecular formula is C17H15ClN2O3S2. The van der Waals surface area contributed by atoms with Crippen molar-refractivity contribution in [2.45, 2.75) is 6.42 Å². The molecule has 0 atom stereocenters. The van der Waals surface area contributed by atoms with Gasteiger partial charge in [-0.05, 0) is 29.8 Å². The van der Waals surface area contributed by atoms with E-state index in [0.717, 1.165) is 16.1 Å². The number of ether oxygens (including phenoxy) is 2. The van der Waals surface area contributed by atoms with E-state index in [4.69, 9.17) is 21.1 Å². The number of nitrogens with zero attached hydrogens (tertiary/aromatic N) is 1. The molecule has 8 heteroatoms. The molecule has 0 aliphatic carbocycles. The molecule has 0 aliphatic rings. The van der Waals surface area contributed by atoms with Gasteiger partial charge in [-0.1, -0.05) is 17.7 Å². The van der Waals surface area contributed by atoms with Crippen molar-refractivity contribution in [3.05, 3.63) is 45.6 Å². The number of nitrogens with one attached hydrogen (secondary N) is 1. The first-order chi connectivity index (χ1) is 12.1. The lowest BCUT2D eigenvalue weighted by Gasteiger charge is -2.09. The van der Waals surface area contributed by atoms with Crippen molar-refractivity contribution in [3.8, 4) is 22.1 Å². The Bertz CT molecular complexity index is 892. The number of hydrogen-bond acceptors (Lipinski definition) is 6. The minimum absolute atomic E-state index is 0.141. The highest BCUT2D eigenvalue weighted by Crippen LogP contribution is 2.33. The van der Waals surface area contributed by atoms with E-state index < -0.39 is 0 Å². The molecule has 0 aliphatic heterocycles. The molecule has 130 valence electrons. The van der Waals surface area contributed by atoms with E-state index in [2.05, 4.69) is 10.3 Å². The summed E-state index contributed by atoms with van der Waals surface area (Å²) in [6.07, 6.45) is 0.222. The molecular weight excluding hydrogens is 380 g/mol. The molecule has 2 heterocycles. The number of methoxy groups -OCH3 is 2. The van der Waals surface area contributed by atoms with Crippen LogP contribution in [0.3, 0.4) is 0 Å². The van der Waals surface area contributed by atoms with Crippen LogP contribution in [0.5, 0.6) is 11.5 Å². The van der Waals surface area contributed by atoms with Gasteiger partial charge < -0.3 is 14.8 Å². The number of carbonyl (C=O) groups excluding carboxylic acids is 1. The third kappa shape index (κ3) is 4.31. The van der Waals surface area contributed by atoms with Crippen LogP contribution in [0.25, 0.3) is 10.6 Å². The number of benzene rings is 1. The second kappa shape index (κ2) is 7.86.